The van der Waals surface area contributed by atoms with E-state index in [0.717, 1.165) is 40.9 Å². The van der Waals surface area contributed by atoms with E-state index < -0.39 is 0 Å². The Kier molecular flexibility index (Phi) is 3.02. The van der Waals surface area contributed by atoms with Crippen LogP contribution in [0.4, 0.5) is 0 Å². The summed E-state index contributed by atoms with van der Waals surface area (Å²) < 4.78 is 11.1. The zero-order valence-corrected chi connectivity index (χ0v) is 10.2. The summed E-state index contributed by atoms with van der Waals surface area (Å²) in [7, 11) is 0. The van der Waals surface area contributed by atoms with Crippen LogP contribution in [0.1, 0.15) is 12.1 Å². The van der Waals surface area contributed by atoms with Crippen molar-refractivity contribution < 1.29 is 9.47 Å². The van der Waals surface area contributed by atoms with E-state index in [1.54, 1.807) is 0 Å². The third kappa shape index (κ3) is 2.11. The largest absolute Gasteiger partial charge is 0.486 e. The second kappa shape index (κ2) is 4.82. The standard InChI is InChI=1S/C14H16N2O2/c15-5-1-2-11-4-3-10-8-13-14(9-12(10)16-11)18-7-6-17-13/h3-4,8-9H,1-2,5-7,15H2. The second-order valence-electron chi connectivity index (χ2n) is 4.38. The van der Waals surface area contributed by atoms with Crippen LogP contribution in [0.5, 0.6) is 11.5 Å². The number of rotatable bonds is 3. The minimum Gasteiger partial charge on any atom is -0.486 e. The highest BCUT2D eigenvalue weighted by molar-refractivity contribution is 5.82. The molecule has 0 bridgehead atoms. The van der Waals surface area contributed by atoms with Crippen molar-refractivity contribution in [3.63, 3.8) is 0 Å². The van der Waals surface area contributed by atoms with E-state index in [9.17, 15) is 0 Å². The molecule has 0 aliphatic carbocycles. The smallest absolute Gasteiger partial charge is 0.163 e. The van der Waals surface area contributed by atoms with Gasteiger partial charge in [-0.15, -0.1) is 0 Å². The van der Waals surface area contributed by atoms with Gasteiger partial charge in [-0.2, -0.15) is 0 Å². The van der Waals surface area contributed by atoms with Gasteiger partial charge in [0.15, 0.2) is 11.5 Å². The molecular formula is C14H16N2O2. The average molecular weight is 244 g/mol. The highest BCUT2D eigenvalue weighted by Gasteiger charge is 2.13. The van der Waals surface area contributed by atoms with Crippen LogP contribution in [0, 0.1) is 0 Å². The molecular weight excluding hydrogens is 228 g/mol. The number of nitrogens with two attached hydrogens (primary N) is 1. The molecule has 1 aromatic heterocycles. The molecule has 2 N–H and O–H groups in total. The van der Waals surface area contributed by atoms with Crippen molar-refractivity contribution in [3.8, 4) is 11.5 Å². The molecule has 94 valence electrons. The predicted molar refractivity (Wildman–Crippen MR) is 70.1 cm³/mol. The first kappa shape index (κ1) is 11.3. The molecule has 2 heterocycles. The summed E-state index contributed by atoms with van der Waals surface area (Å²) >= 11 is 0. The third-order valence-corrected chi connectivity index (χ3v) is 3.05. The highest BCUT2D eigenvalue weighted by Crippen LogP contribution is 2.33. The molecule has 1 aromatic carbocycles. The molecule has 1 aliphatic rings. The summed E-state index contributed by atoms with van der Waals surface area (Å²) in [5, 5.41) is 1.08. The summed E-state index contributed by atoms with van der Waals surface area (Å²) in [6, 6.07) is 8.07. The first-order valence-corrected chi connectivity index (χ1v) is 6.26. The van der Waals surface area contributed by atoms with Crippen LogP contribution in [-0.4, -0.2) is 24.7 Å². The highest BCUT2D eigenvalue weighted by atomic mass is 16.6. The molecule has 0 radical (unpaired) electrons. The van der Waals surface area contributed by atoms with Crippen LogP contribution < -0.4 is 15.2 Å². The van der Waals surface area contributed by atoms with Crippen LogP contribution in [0.3, 0.4) is 0 Å². The van der Waals surface area contributed by atoms with Crippen molar-refractivity contribution in [1.82, 2.24) is 4.98 Å². The topological polar surface area (TPSA) is 57.4 Å². The SMILES string of the molecule is NCCCc1ccc2cc3c(cc2n1)OCCO3. The van der Waals surface area contributed by atoms with Gasteiger partial charge in [0.2, 0.25) is 0 Å². The van der Waals surface area contributed by atoms with Crippen molar-refractivity contribution in [2.45, 2.75) is 12.8 Å². The molecule has 0 amide bonds. The monoisotopic (exact) mass is 244 g/mol. The Hall–Kier alpha value is -1.81. The molecule has 0 saturated carbocycles. The average Bonchev–Trinajstić information content (AvgIpc) is 2.42. The van der Waals surface area contributed by atoms with Crippen molar-refractivity contribution in [2.24, 2.45) is 5.73 Å². The number of hydrogen-bond donors (Lipinski definition) is 1. The summed E-state index contributed by atoms with van der Waals surface area (Å²) in [5.41, 5.74) is 7.54. The summed E-state index contributed by atoms with van der Waals surface area (Å²) in [6.07, 6.45) is 1.88. The first-order chi connectivity index (χ1) is 8.86. The maximum absolute atomic E-state index is 5.57. The molecule has 4 heteroatoms. The van der Waals surface area contributed by atoms with Crippen LogP contribution >= 0.6 is 0 Å². The lowest BCUT2D eigenvalue weighted by atomic mass is 10.1. The van der Waals surface area contributed by atoms with E-state index in [0.29, 0.717) is 19.8 Å². The molecule has 1 aliphatic heterocycles. The normalized spacial score (nSPS) is 13.8. The van der Waals surface area contributed by atoms with Gasteiger partial charge >= 0.3 is 0 Å². The molecule has 0 unspecified atom stereocenters. The van der Waals surface area contributed by atoms with Crippen molar-refractivity contribution in [3.05, 3.63) is 30.0 Å². The molecule has 3 rings (SSSR count). The van der Waals surface area contributed by atoms with Crippen LogP contribution in [0.2, 0.25) is 0 Å². The molecule has 0 fully saturated rings. The zero-order valence-electron chi connectivity index (χ0n) is 10.2. The first-order valence-electron chi connectivity index (χ1n) is 6.26. The predicted octanol–water partition coefficient (Wildman–Crippen LogP) is 1.90. The van der Waals surface area contributed by atoms with Crippen molar-refractivity contribution >= 4 is 10.9 Å². The van der Waals surface area contributed by atoms with Gasteiger partial charge in [-0.3, -0.25) is 4.98 Å². The summed E-state index contributed by atoms with van der Waals surface area (Å²) in [6.45, 7) is 1.91. The quantitative estimate of drug-likeness (QED) is 0.895. The van der Waals surface area contributed by atoms with Gasteiger partial charge in [0.05, 0.1) is 5.52 Å². The van der Waals surface area contributed by atoms with E-state index in [1.807, 2.05) is 18.2 Å². The van der Waals surface area contributed by atoms with Gasteiger partial charge in [0.1, 0.15) is 13.2 Å². The maximum atomic E-state index is 5.57. The molecule has 0 saturated heterocycles. The van der Waals surface area contributed by atoms with E-state index in [1.165, 1.54) is 0 Å². The van der Waals surface area contributed by atoms with E-state index in [2.05, 4.69) is 11.1 Å². The number of benzene rings is 1. The minimum atomic E-state index is 0.603. The van der Waals surface area contributed by atoms with Gasteiger partial charge in [-0.25, -0.2) is 0 Å². The van der Waals surface area contributed by atoms with E-state index in [4.69, 9.17) is 15.2 Å². The number of aromatic nitrogens is 1. The fourth-order valence-corrected chi connectivity index (χ4v) is 2.12. The Morgan fingerprint density at radius 3 is 2.67 bits per heavy atom. The Morgan fingerprint density at radius 2 is 1.89 bits per heavy atom. The minimum absolute atomic E-state index is 0.603. The number of aryl methyl sites for hydroxylation is 1. The van der Waals surface area contributed by atoms with Gasteiger partial charge < -0.3 is 15.2 Å². The van der Waals surface area contributed by atoms with Crippen molar-refractivity contribution in [1.29, 1.82) is 0 Å². The van der Waals surface area contributed by atoms with Gasteiger partial charge in [0, 0.05) is 17.1 Å². The van der Waals surface area contributed by atoms with Crippen LogP contribution in [0.25, 0.3) is 10.9 Å². The number of hydrogen-bond acceptors (Lipinski definition) is 4. The number of nitrogens with zero attached hydrogens (tertiary/aromatic N) is 1. The van der Waals surface area contributed by atoms with Crippen LogP contribution in [0.15, 0.2) is 24.3 Å². The number of fused-ring (bicyclic) bond motifs is 2. The lowest BCUT2D eigenvalue weighted by molar-refractivity contribution is 0.172. The van der Waals surface area contributed by atoms with Gasteiger partial charge in [0.25, 0.3) is 0 Å². The number of ether oxygens (including phenoxy) is 2. The van der Waals surface area contributed by atoms with E-state index in [-0.39, 0.29) is 0 Å². The molecule has 4 nitrogen and oxygen atoms in total. The zero-order chi connectivity index (χ0) is 12.4. The summed E-state index contributed by atoms with van der Waals surface area (Å²) in [5.74, 6) is 1.60. The lowest BCUT2D eigenvalue weighted by Crippen LogP contribution is -2.15. The van der Waals surface area contributed by atoms with E-state index >= 15 is 0 Å². The molecule has 18 heavy (non-hydrogen) atoms. The Bertz CT molecular complexity index is 569. The molecule has 0 atom stereocenters. The Morgan fingerprint density at radius 1 is 1.11 bits per heavy atom. The van der Waals surface area contributed by atoms with Crippen molar-refractivity contribution in [2.75, 3.05) is 19.8 Å². The Balaban J connectivity index is 1.99. The molecule has 2 aromatic rings. The van der Waals surface area contributed by atoms with Gasteiger partial charge in [-0.1, -0.05) is 6.07 Å². The fraction of sp³-hybridized carbons (Fsp3) is 0.357. The van der Waals surface area contributed by atoms with Gasteiger partial charge in [-0.05, 0) is 31.5 Å². The molecule has 0 spiro atoms. The van der Waals surface area contributed by atoms with Crippen LogP contribution in [-0.2, 0) is 6.42 Å². The second-order valence-corrected chi connectivity index (χ2v) is 4.38. The maximum Gasteiger partial charge on any atom is 0.163 e. The third-order valence-electron chi connectivity index (χ3n) is 3.05. The Labute approximate surface area is 106 Å². The number of pyridine rings is 1. The lowest BCUT2D eigenvalue weighted by Gasteiger charge is -2.18. The fourth-order valence-electron chi connectivity index (χ4n) is 2.12. The summed E-state index contributed by atoms with van der Waals surface area (Å²) in [4.78, 5) is 4.63.